The molecule has 0 saturated carbocycles. The molecule has 1 fully saturated rings. The van der Waals surface area contributed by atoms with Crippen LogP contribution in [0.1, 0.15) is 18.4 Å². The Balaban J connectivity index is 0.00000363. The molecule has 32 heavy (non-hydrogen) atoms. The lowest BCUT2D eigenvalue weighted by Crippen LogP contribution is -2.37. The van der Waals surface area contributed by atoms with Crippen molar-refractivity contribution in [2.45, 2.75) is 19.4 Å². The molecular formula is C24H34IN3O4. The second kappa shape index (κ2) is 14.9. The van der Waals surface area contributed by atoms with Gasteiger partial charge in [-0.25, -0.2) is 0 Å². The van der Waals surface area contributed by atoms with Gasteiger partial charge in [-0.2, -0.15) is 0 Å². The summed E-state index contributed by atoms with van der Waals surface area (Å²) in [5.74, 6) is 3.51. The number of hydrogen-bond donors (Lipinski definition) is 2. The van der Waals surface area contributed by atoms with Gasteiger partial charge in [-0.15, -0.1) is 24.0 Å². The number of hydrogen-bond acceptors (Lipinski definition) is 5. The van der Waals surface area contributed by atoms with Crippen LogP contribution in [0.15, 0.2) is 53.5 Å². The van der Waals surface area contributed by atoms with E-state index in [9.17, 15) is 0 Å². The van der Waals surface area contributed by atoms with E-state index in [1.807, 2.05) is 48.5 Å². The summed E-state index contributed by atoms with van der Waals surface area (Å²) in [4.78, 5) is 4.27. The predicted molar refractivity (Wildman–Crippen MR) is 137 cm³/mol. The summed E-state index contributed by atoms with van der Waals surface area (Å²) in [6.07, 6.45) is 2.05. The zero-order valence-electron chi connectivity index (χ0n) is 18.8. The number of halogens is 1. The molecule has 3 rings (SSSR count). The zero-order valence-corrected chi connectivity index (χ0v) is 21.2. The minimum Gasteiger partial charge on any atom is -0.493 e. The van der Waals surface area contributed by atoms with Gasteiger partial charge in [0.2, 0.25) is 0 Å². The smallest absolute Gasteiger partial charge is 0.191 e. The highest BCUT2D eigenvalue weighted by Crippen LogP contribution is 2.30. The number of nitrogens with one attached hydrogen (secondary N) is 2. The van der Waals surface area contributed by atoms with E-state index >= 15 is 0 Å². The van der Waals surface area contributed by atoms with Crippen LogP contribution in [0, 0.1) is 5.92 Å². The maximum Gasteiger partial charge on any atom is 0.191 e. The molecule has 8 heteroatoms. The Morgan fingerprint density at radius 3 is 2.56 bits per heavy atom. The van der Waals surface area contributed by atoms with Crippen molar-refractivity contribution >= 4 is 29.9 Å². The quantitative estimate of drug-likeness (QED) is 0.187. The van der Waals surface area contributed by atoms with Gasteiger partial charge in [0.05, 0.1) is 20.3 Å². The Bertz CT molecular complexity index is 811. The first-order valence-corrected chi connectivity index (χ1v) is 10.8. The van der Waals surface area contributed by atoms with Crippen LogP contribution in [0.5, 0.6) is 17.2 Å². The van der Waals surface area contributed by atoms with E-state index in [1.165, 1.54) is 0 Å². The molecule has 1 unspecified atom stereocenters. The van der Waals surface area contributed by atoms with E-state index in [-0.39, 0.29) is 24.0 Å². The Morgan fingerprint density at radius 2 is 1.88 bits per heavy atom. The third-order valence-electron chi connectivity index (χ3n) is 5.04. The lowest BCUT2D eigenvalue weighted by molar-refractivity contribution is 0.0888. The molecule has 176 valence electrons. The lowest BCUT2D eigenvalue weighted by atomic mass is 10.1. The van der Waals surface area contributed by atoms with Crippen LogP contribution in [0.2, 0.25) is 0 Å². The fraction of sp³-hybridized carbons (Fsp3) is 0.458. The highest BCUT2D eigenvalue weighted by molar-refractivity contribution is 14.0. The highest BCUT2D eigenvalue weighted by atomic mass is 127. The largest absolute Gasteiger partial charge is 0.493 e. The molecule has 0 aromatic heterocycles. The fourth-order valence-electron chi connectivity index (χ4n) is 3.26. The number of rotatable bonds is 11. The Hall–Kier alpha value is -2.04. The minimum atomic E-state index is 0. The molecule has 1 heterocycles. The maximum atomic E-state index is 5.92. The molecule has 1 aliphatic heterocycles. The van der Waals surface area contributed by atoms with E-state index in [0.29, 0.717) is 24.0 Å². The monoisotopic (exact) mass is 555 g/mol. The predicted octanol–water partition coefficient (Wildman–Crippen LogP) is 4.21. The first-order chi connectivity index (χ1) is 15.3. The van der Waals surface area contributed by atoms with Crippen molar-refractivity contribution in [2.24, 2.45) is 10.9 Å². The summed E-state index contributed by atoms with van der Waals surface area (Å²) >= 11 is 0. The summed E-state index contributed by atoms with van der Waals surface area (Å²) in [6.45, 7) is 4.73. The molecule has 2 N–H and O–H groups in total. The number of benzene rings is 2. The van der Waals surface area contributed by atoms with Gasteiger partial charge in [0.1, 0.15) is 5.75 Å². The number of methoxy groups -OCH3 is 1. The molecule has 0 amide bonds. The van der Waals surface area contributed by atoms with Crippen LogP contribution in [0.4, 0.5) is 0 Å². The summed E-state index contributed by atoms with van der Waals surface area (Å²) in [7, 11) is 3.41. The SMILES string of the molecule is CN=C(NCCCOCC1CCOC1)NCc1ccc(Oc2ccccc2OC)cc1.I. The topological polar surface area (TPSA) is 73.3 Å². The molecule has 1 saturated heterocycles. The van der Waals surface area contributed by atoms with Crippen LogP contribution in [0.3, 0.4) is 0 Å². The molecule has 1 aliphatic rings. The second-order valence-electron chi connectivity index (χ2n) is 7.41. The van der Waals surface area contributed by atoms with Gasteiger partial charge >= 0.3 is 0 Å². The van der Waals surface area contributed by atoms with Crippen molar-refractivity contribution in [1.82, 2.24) is 10.6 Å². The van der Waals surface area contributed by atoms with Gasteiger partial charge in [-0.05, 0) is 42.7 Å². The van der Waals surface area contributed by atoms with E-state index < -0.39 is 0 Å². The van der Waals surface area contributed by atoms with Gasteiger partial charge in [0.25, 0.3) is 0 Å². The van der Waals surface area contributed by atoms with Crippen molar-refractivity contribution in [3.63, 3.8) is 0 Å². The summed E-state index contributed by atoms with van der Waals surface area (Å²) in [6, 6.07) is 15.6. The average Bonchev–Trinajstić information content (AvgIpc) is 3.33. The van der Waals surface area contributed by atoms with Crippen LogP contribution >= 0.6 is 24.0 Å². The first kappa shape index (κ1) is 26.2. The van der Waals surface area contributed by atoms with Gasteiger partial charge in [0.15, 0.2) is 17.5 Å². The summed E-state index contributed by atoms with van der Waals surface area (Å²) in [5.41, 5.74) is 1.14. The molecule has 0 spiro atoms. The van der Waals surface area contributed by atoms with Crippen molar-refractivity contribution in [3.8, 4) is 17.2 Å². The maximum absolute atomic E-state index is 5.92. The van der Waals surface area contributed by atoms with Crippen LogP contribution in [0.25, 0.3) is 0 Å². The average molecular weight is 555 g/mol. The van der Waals surface area contributed by atoms with Crippen molar-refractivity contribution in [3.05, 3.63) is 54.1 Å². The molecular weight excluding hydrogens is 521 g/mol. The summed E-state index contributed by atoms with van der Waals surface area (Å²) in [5, 5.41) is 6.65. The standard InChI is InChI=1S/C24H33N3O4.HI/c1-25-24(26-13-5-14-29-17-20-12-15-30-18-20)27-16-19-8-10-21(11-9-19)31-23-7-4-3-6-22(23)28-2;/h3-4,6-11,20H,5,12-18H2,1-2H3,(H2,25,26,27);1H. The third-order valence-corrected chi connectivity index (χ3v) is 5.04. The molecule has 0 radical (unpaired) electrons. The van der Waals surface area contributed by atoms with Gasteiger partial charge in [-0.1, -0.05) is 24.3 Å². The minimum absolute atomic E-state index is 0. The van der Waals surface area contributed by atoms with Gasteiger partial charge in [-0.3, -0.25) is 4.99 Å². The Kier molecular flexibility index (Phi) is 12.2. The summed E-state index contributed by atoms with van der Waals surface area (Å²) < 4.78 is 22.3. The van der Waals surface area contributed by atoms with Crippen molar-refractivity contribution < 1.29 is 18.9 Å². The highest BCUT2D eigenvalue weighted by Gasteiger charge is 2.15. The molecule has 2 aromatic carbocycles. The number of nitrogens with zero attached hydrogens (tertiary/aromatic N) is 1. The van der Waals surface area contributed by atoms with Crippen molar-refractivity contribution in [2.75, 3.05) is 47.1 Å². The van der Waals surface area contributed by atoms with Crippen LogP contribution in [-0.4, -0.2) is 53.1 Å². The van der Waals surface area contributed by atoms with E-state index in [1.54, 1.807) is 14.2 Å². The fourth-order valence-corrected chi connectivity index (χ4v) is 3.26. The lowest BCUT2D eigenvalue weighted by Gasteiger charge is -2.13. The number of ether oxygens (including phenoxy) is 4. The Labute approximate surface area is 207 Å². The Morgan fingerprint density at radius 1 is 1.09 bits per heavy atom. The van der Waals surface area contributed by atoms with E-state index in [0.717, 1.165) is 63.1 Å². The molecule has 7 nitrogen and oxygen atoms in total. The number of guanidine groups is 1. The molecule has 2 aromatic rings. The second-order valence-corrected chi connectivity index (χ2v) is 7.41. The molecule has 0 aliphatic carbocycles. The van der Waals surface area contributed by atoms with E-state index in [4.69, 9.17) is 18.9 Å². The number of para-hydroxylation sites is 2. The van der Waals surface area contributed by atoms with E-state index in [2.05, 4.69) is 15.6 Å². The zero-order chi connectivity index (χ0) is 21.7. The van der Waals surface area contributed by atoms with Crippen LogP contribution < -0.4 is 20.1 Å². The van der Waals surface area contributed by atoms with Gasteiger partial charge < -0.3 is 29.6 Å². The van der Waals surface area contributed by atoms with Gasteiger partial charge in [0, 0.05) is 39.3 Å². The normalized spacial score (nSPS) is 15.7. The van der Waals surface area contributed by atoms with Crippen molar-refractivity contribution in [1.29, 1.82) is 0 Å². The first-order valence-electron chi connectivity index (χ1n) is 10.8. The number of aliphatic imine (C=N–C) groups is 1. The third kappa shape index (κ3) is 8.84. The molecule has 1 atom stereocenters. The molecule has 0 bridgehead atoms. The van der Waals surface area contributed by atoms with Crippen LogP contribution in [-0.2, 0) is 16.0 Å².